The summed E-state index contributed by atoms with van der Waals surface area (Å²) in [6, 6.07) is 10.8. The van der Waals surface area contributed by atoms with Gasteiger partial charge in [0.15, 0.2) is 10.9 Å². The first-order valence-electron chi connectivity index (χ1n) is 7.91. The summed E-state index contributed by atoms with van der Waals surface area (Å²) in [4.78, 5) is 25.8. The van der Waals surface area contributed by atoms with E-state index in [0.717, 1.165) is 16.2 Å². The first kappa shape index (κ1) is 20.5. The van der Waals surface area contributed by atoms with Crippen molar-refractivity contribution in [2.75, 3.05) is 18.6 Å². The lowest BCUT2D eigenvalue weighted by Crippen LogP contribution is -2.27. The molecule has 0 bridgehead atoms. The van der Waals surface area contributed by atoms with Gasteiger partial charge >= 0.3 is 5.97 Å². The van der Waals surface area contributed by atoms with E-state index < -0.39 is 11.8 Å². The summed E-state index contributed by atoms with van der Waals surface area (Å²) in [5.41, 5.74) is 0.945. The van der Waals surface area contributed by atoms with Crippen molar-refractivity contribution < 1.29 is 23.5 Å². The van der Waals surface area contributed by atoms with Crippen LogP contribution >= 0.6 is 39.9 Å². The molecule has 144 valence electrons. The summed E-state index contributed by atoms with van der Waals surface area (Å²) in [6.07, 6.45) is 1.62. The fraction of sp³-hybridized carbons (Fsp3) is 0.105. The molecular formula is C19H13BrFNO4S2. The van der Waals surface area contributed by atoms with Crippen molar-refractivity contribution in [3.05, 3.63) is 63.2 Å². The van der Waals surface area contributed by atoms with E-state index in [-0.39, 0.29) is 12.5 Å². The molecule has 0 aliphatic carbocycles. The van der Waals surface area contributed by atoms with E-state index in [4.69, 9.17) is 17.0 Å². The van der Waals surface area contributed by atoms with Gasteiger partial charge in [0.25, 0.3) is 5.91 Å². The van der Waals surface area contributed by atoms with Crippen LogP contribution < -0.4 is 9.64 Å². The number of halogens is 2. The monoisotopic (exact) mass is 481 g/mol. The van der Waals surface area contributed by atoms with Crippen LogP contribution in [0.1, 0.15) is 5.56 Å². The number of nitrogens with zero attached hydrogens (tertiary/aromatic N) is 1. The summed E-state index contributed by atoms with van der Waals surface area (Å²) in [6.45, 7) is -0.261. The van der Waals surface area contributed by atoms with Crippen molar-refractivity contribution >= 4 is 67.9 Å². The molecule has 5 nitrogen and oxygen atoms in total. The predicted octanol–water partition coefficient (Wildman–Crippen LogP) is 4.55. The van der Waals surface area contributed by atoms with Gasteiger partial charge in [-0.15, -0.1) is 0 Å². The highest BCUT2D eigenvalue weighted by Gasteiger charge is 2.33. The number of carbonyl (C=O) groups excluding carboxylic acids is 2. The summed E-state index contributed by atoms with van der Waals surface area (Å²) in [5.74, 6) is -0.934. The van der Waals surface area contributed by atoms with Crippen LogP contribution in [0.3, 0.4) is 0 Å². The van der Waals surface area contributed by atoms with E-state index in [1.807, 2.05) is 0 Å². The number of amides is 1. The van der Waals surface area contributed by atoms with Gasteiger partial charge in [0.1, 0.15) is 11.6 Å². The first-order valence-corrected chi connectivity index (χ1v) is 9.93. The molecule has 1 heterocycles. The van der Waals surface area contributed by atoms with Crippen molar-refractivity contribution in [1.82, 2.24) is 0 Å². The molecule has 0 spiro atoms. The number of thioether (sulfide) groups is 1. The highest BCUT2D eigenvalue weighted by atomic mass is 79.9. The predicted molar refractivity (Wildman–Crippen MR) is 114 cm³/mol. The molecule has 0 N–H and O–H groups in total. The van der Waals surface area contributed by atoms with Crippen molar-refractivity contribution in [1.29, 1.82) is 0 Å². The number of thiocarbonyl (C=S) groups is 1. The van der Waals surface area contributed by atoms with Crippen molar-refractivity contribution in [3.63, 3.8) is 0 Å². The highest BCUT2D eigenvalue weighted by Crippen LogP contribution is 2.37. The standard InChI is InChI=1S/C19H13BrFNO4S2/c1-25-17(23)10-26-15-6-5-12(20)7-11(15)8-16-18(24)22(19(27)28-16)14-4-2-3-13(21)9-14/h2-9H,10H2,1H3/b16-8-. The van der Waals surface area contributed by atoms with Gasteiger partial charge in [-0.3, -0.25) is 9.69 Å². The minimum Gasteiger partial charge on any atom is -0.481 e. The van der Waals surface area contributed by atoms with Crippen molar-refractivity contribution in [3.8, 4) is 5.75 Å². The number of rotatable bonds is 5. The van der Waals surface area contributed by atoms with Crippen LogP contribution in [0.5, 0.6) is 5.75 Å². The van der Waals surface area contributed by atoms with Crippen LogP contribution in [0, 0.1) is 5.82 Å². The van der Waals surface area contributed by atoms with Gasteiger partial charge in [-0.25, -0.2) is 9.18 Å². The second-order valence-electron chi connectivity index (χ2n) is 5.54. The van der Waals surface area contributed by atoms with Gasteiger partial charge in [-0.1, -0.05) is 46.0 Å². The lowest BCUT2D eigenvalue weighted by molar-refractivity contribution is -0.142. The fourth-order valence-electron chi connectivity index (χ4n) is 2.41. The number of anilines is 1. The molecular weight excluding hydrogens is 469 g/mol. The summed E-state index contributed by atoms with van der Waals surface area (Å²) in [7, 11) is 1.27. The number of hydrogen-bond donors (Lipinski definition) is 0. The molecule has 1 aliphatic rings. The Bertz CT molecular complexity index is 996. The van der Waals surface area contributed by atoms with Crippen LogP contribution in [-0.2, 0) is 14.3 Å². The molecule has 1 aliphatic heterocycles. The first-order chi connectivity index (χ1) is 13.4. The molecule has 0 unspecified atom stereocenters. The summed E-state index contributed by atoms with van der Waals surface area (Å²) >= 11 is 9.78. The second kappa shape index (κ2) is 8.85. The Kier molecular flexibility index (Phi) is 6.48. The van der Waals surface area contributed by atoms with Crippen molar-refractivity contribution in [2.24, 2.45) is 0 Å². The average molecular weight is 482 g/mol. The molecule has 1 amide bonds. The maximum absolute atomic E-state index is 13.5. The smallest absolute Gasteiger partial charge is 0.343 e. The van der Waals surface area contributed by atoms with Gasteiger partial charge in [-0.05, 0) is 42.5 Å². The van der Waals surface area contributed by atoms with E-state index in [1.165, 1.54) is 30.2 Å². The van der Waals surface area contributed by atoms with E-state index in [9.17, 15) is 14.0 Å². The number of methoxy groups -OCH3 is 1. The maximum Gasteiger partial charge on any atom is 0.343 e. The number of benzene rings is 2. The van der Waals surface area contributed by atoms with Crippen LogP contribution in [0.2, 0.25) is 0 Å². The molecule has 0 atom stereocenters. The quantitative estimate of drug-likeness (QED) is 0.354. The molecule has 9 heteroatoms. The molecule has 2 aromatic carbocycles. The Hall–Kier alpha value is -2.23. The largest absolute Gasteiger partial charge is 0.481 e. The zero-order valence-electron chi connectivity index (χ0n) is 14.5. The van der Waals surface area contributed by atoms with Crippen LogP contribution in [-0.4, -0.2) is 29.9 Å². The number of carbonyl (C=O) groups is 2. The van der Waals surface area contributed by atoms with E-state index >= 15 is 0 Å². The SMILES string of the molecule is COC(=O)COc1ccc(Br)cc1/C=C1\SC(=S)N(c2cccc(F)c2)C1=O. The highest BCUT2D eigenvalue weighted by molar-refractivity contribution is 9.10. The molecule has 2 aromatic rings. The number of ether oxygens (including phenoxy) is 2. The Morgan fingerprint density at radius 1 is 1.32 bits per heavy atom. The molecule has 0 aromatic heterocycles. The lowest BCUT2D eigenvalue weighted by atomic mass is 10.2. The fourth-order valence-corrected chi connectivity index (χ4v) is 4.07. The average Bonchev–Trinajstić information content (AvgIpc) is 2.94. The second-order valence-corrected chi connectivity index (χ2v) is 8.14. The van der Waals surface area contributed by atoms with Gasteiger partial charge in [-0.2, -0.15) is 0 Å². The Balaban J connectivity index is 1.91. The minimum absolute atomic E-state index is 0.261. The lowest BCUT2D eigenvalue weighted by Gasteiger charge is -2.14. The third-order valence-electron chi connectivity index (χ3n) is 3.69. The normalized spacial score (nSPS) is 15.2. The van der Waals surface area contributed by atoms with E-state index in [0.29, 0.717) is 26.2 Å². The van der Waals surface area contributed by atoms with E-state index in [1.54, 1.807) is 30.3 Å². The third-order valence-corrected chi connectivity index (χ3v) is 5.49. The zero-order chi connectivity index (χ0) is 20.3. The van der Waals surface area contributed by atoms with E-state index in [2.05, 4.69) is 20.7 Å². The summed E-state index contributed by atoms with van der Waals surface area (Å²) in [5, 5.41) is 0. The zero-order valence-corrected chi connectivity index (χ0v) is 17.7. The van der Waals surface area contributed by atoms with Gasteiger partial charge in [0.05, 0.1) is 17.7 Å². The molecule has 1 fully saturated rings. The van der Waals surface area contributed by atoms with Gasteiger partial charge in [0, 0.05) is 10.0 Å². The Morgan fingerprint density at radius 3 is 2.82 bits per heavy atom. The van der Waals surface area contributed by atoms with Gasteiger partial charge < -0.3 is 9.47 Å². The van der Waals surface area contributed by atoms with Gasteiger partial charge in [0.2, 0.25) is 0 Å². The van der Waals surface area contributed by atoms with Crippen molar-refractivity contribution in [2.45, 2.75) is 0 Å². The van der Waals surface area contributed by atoms with Crippen LogP contribution in [0.15, 0.2) is 51.8 Å². The van der Waals surface area contributed by atoms with Crippen LogP contribution in [0.25, 0.3) is 6.08 Å². The number of hydrogen-bond acceptors (Lipinski definition) is 6. The Labute approximate surface area is 178 Å². The topological polar surface area (TPSA) is 55.8 Å². The third kappa shape index (κ3) is 4.60. The molecule has 0 radical (unpaired) electrons. The number of esters is 1. The molecule has 28 heavy (non-hydrogen) atoms. The Morgan fingerprint density at radius 2 is 2.11 bits per heavy atom. The molecule has 0 saturated carbocycles. The molecule has 3 rings (SSSR count). The molecule has 1 saturated heterocycles. The summed E-state index contributed by atoms with van der Waals surface area (Å²) < 4.78 is 24.7. The maximum atomic E-state index is 13.5. The van der Waals surface area contributed by atoms with Crippen LogP contribution in [0.4, 0.5) is 10.1 Å². The minimum atomic E-state index is -0.522.